The standard InChI is InChI=1S/C10H14O5/c1-5-2-8-10(15-8)7(12)3-6(11)4-9(13)14-5/h5,7-8,10,12H,2-4H2,1H3/t5-,7?,8+,10-/m1/s1. The van der Waals surface area contributed by atoms with Crippen LogP contribution in [-0.2, 0) is 19.1 Å². The Kier molecular flexibility index (Phi) is 2.75. The summed E-state index contributed by atoms with van der Waals surface area (Å²) in [6, 6.07) is 0. The number of ether oxygens (including phenoxy) is 2. The number of aliphatic hydroxyl groups excluding tert-OH is 1. The van der Waals surface area contributed by atoms with E-state index in [4.69, 9.17) is 9.47 Å². The van der Waals surface area contributed by atoms with E-state index in [1.165, 1.54) is 0 Å². The zero-order valence-electron chi connectivity index (χ0n) is 8.51. The second-order valence-corrected chi connectivity index (χ2v) is 4.16. The first-order valence-corrected chi connectivity index (χ1v) is 5.11. The van der Waals surface area contributed by atoms with Crippen LogP contribution in [0, 0.1) is 0 Å². The highest BCUT2D eigenvalue weighted by Crippen LogP contribution is 2.32. The van der Waals surface area contributed by atoms with E-state index in [9.17, 15) is 14.7 Å². The number of fused-ring (bicyclic) bond motifs is 1. The van der Waals surface area contributed by atoms with Crippen LogP contribution in [0.3, 0.4) is 0 Å². The van der Waals surface area contributed by atoms with Crippen molar-refractivity contribution in [1.82, 2.24) is 0 Å². The highest BCUT2D eigenvalue weighted by Gasteiger charge is 2.46. The van der Waals surface area contributed by atoms with E-state index >= 15 is 0 Å². The van der Waals surface area contributed by atoms with Crippen molar-refractivity contribution in [2.45, 2.75) is 50.6 Å². The second-order valence-electron chi connectivity index (χ2n) is 4.16. The van der Waals surface area contributed by atoms with Gasteiger partial charge in [0.05, 0.1) is 12.2 Å². The predicted octanol–water partition coefficient (Wildman–Crippen LogP) is -0.201. The summed E-state index contributed by atoms with van der Waals surface area (Å²) < 4.78 is 10.2. The van der Waals surface area contributed by atoms with Gasteiger partial charge in [0.25, 0.3) is 0 Å². The van der Waals surface area contributed by atoms with Crippen molar-refractivity contribution in [2.24, 2.45) is 0 Å². The third kappa shape index (κ3) is 2.54. The molecular formula is C10H14O5. The van der Waals surface area contributed by atoms with E-state index in [2.05, 4.69) is 0 Å². The molecule has 2 rings (SSSR count). The fourth-order valence-electron chi connectivity index (χ4n) is 1.91. The van der Waals surface area contributed by atoms with E-state index in [0.717, 1.165) is 0 Å². The van der Waals surface area contributed by atoms with Gasteiger partial charge in [0.2, 0.25) is 0 Å². The molecule has 2 aliphatic rings. The Morgan fingerprint density at radius 1 is 1.40 bits per heavy atom. The fraction of sp³-hybridized carbons (Fsp3) is 0.800. The molecule has 1 unspecified atom stereocenters. The van der Waals surface area contributed by atoms with Crippen LogP contribution in [0.15, 0.2) is 0 Å². The molecule has 1 N–H and O–H groups in total. The molecule has 0 saturated carbocycles. The largest absolute Gasteiger partial charge is 0.462 e. The molecule has 0 radical (unpaired) electrons. The van der Waals surface area contributed by atoms with Crippen LogP contribution in [0.25, 0.3) is 0 Å². The number of Topliss-reactive ketones (excluding diaryl/α,β-unsaturated/α-hetero) is 1. The molecule has 0 aromatic carbocycles. The minimum atomic E-state index is -0.777. The van der Waals surface area contributed by atoms with Crippen molar-refractivity contribution in [3.05, 3.63) is 0 Å². The lowest BCUT2D eigenvalue weighted by Crippen LogP contribution is -2.27. The molecule has 0 aromatic heterocycles. The number of epoxide rings is 1. The summed E-state index contributed by atoms with van der Waals surface area (Å²) in [4.78, 5) is 22.5. The molecule has 0 spiro atoms. The van der Waals surface area contributed by atoms with Gasteiger partial charge in [-0.3, -0.25) is 9.59 Å². The summed E-state index contributed by atoms with van der Waals surface area (Å²) in [5.74, 6) is -0.811. The lowest BCUT2D eigenvalue weighted by molar-refractivity contribution is -0.150. The van der Waals surface area contributed by atoms with Crippen LogP contribution < -0.4 is 0 Å². The van der Waals surface area contributed by atoms with E-state index < -0.39 is 12.1 Å². The van der Waals surface area contributed by atoms with E-state index in [-0.39, 0.29) is 36.9 Å². The number of hydrogen-bond acceptors (Lipinski definition) is 5. The Morgan fingerprint density at radius 2 is 2.13 bits per heavy atom. The number of rotatable bonds is 0. The van der Waals surface area contributed by atoms with Gasteiger partial charge in [-0.1, -0.05) is 0 Å². The van der Waals surface area contributed by atoms with Crippen LogP contribution in [0.5, 0.6) is 0 Å². The fourth-order valence-corrected chi connectivity index (χ4v) is 1.91. The van der Waals surface area contributed by atoms with Gasteiger partial charge in [-0.2, -0.15) is 0 Å². The van der Waals surface area contributed by atoms with Crippen molar-refractivity contribution in [3.63, 3.8) is 0 Å². The monoisotopic (exact) mass is 214 g/mol. The molecule has 0 bridgehead atoms. The molecule has 5 heteroatoms. The third-order valence-electron chi connectivity index (χ3n) is 2.68. The lowest BCUT2D eigenvalue weighted by Gasteiger charge is -2.14. The Labute approximate surface area is 87.4 Å². The number of esters is 1. The number of hydrogen-bond donors (Lipinski definition) is 1. The highest BCUT2D eigenvalue weighted by atomic mass is 16.6. The van der Waals surface area contributed by atoms with Crippen LogP contribution >= 0.6 is 0 Å². The number of carbonyl (C=O) groups is 2. The summed E-state index contributed by atoms with van der Waals surface area (Å²) in [5.41, 5.74) is 0. The van der Waals surface area contributed by atoms with Gasteiger partial charge in [-0.25, -0.2) is 0 Å². The summed E-state index contributed by atoms with van der Waals surface area (Å²) >= 11 is 0. The Balaban J connectivity index is 2.02. The maximum Gasteiger partial charge on any atom is 0.313 e. The van der Waals surface area contributed by atoms with E-state index in [1.54, 1.807) is 6.92 Å². The maximum atomic E-state index is 11.3. The zero-order chi connectivity index (χ0) is 11.0. The van der Waals surface area contributed by atoms with Gasteiger partial charge in [-0.05, 0) is 6.92 Å². The van der Waals surface area contributed by atoms with Crippen LogP contribution in [0.4, 0.5) is 0 Å². The van der Waals surface area contributed by atoms with Gasteiger partial charge >= 0.3 is 5.97 Å². The number of ketones is 1. The van der Waals surface area contributed by atoms with Gasteiger partial charge in [-0.15, -0.1) is 0 Å². The lowest BCUT2D eigenvalue weighted by atomic mass is 10.0. The Bertz CT molecular complexity index is 288. The topological polar surface area (TPSA) is 76.1 Å². The Morgan fingerprint density at radius 3 is 2.87 bits per heavy atom. The average molecular weight is 214 g/mol. The van der Waals surface area contributed by atoms with Crippen molar-refractivity contribution >= 4 is 11.8 Å². The average Bonchev–Trinajstić information content (AvgIpc) is 2.80. The normalized spacial score (nSPS) is 41.7. The van der Waals surface area contributed by atoms with Gasteiger partial charge in [0, 0.05) is 12.8 Å². The van der Waals surface area contributed by atoms with Crippen molar-refractivity contribution in [1.29, 1.82) is 0 Å². The van der Waals surface area contributed by atoms with Gasteiger partial charge in [0.1, 0.15) is 24.4 Å². The molecule has 15 heavy (non-hydrogen) atoms. The molecule has 0 amide bonds. The van der Waals surface area contributed by atoms with Gasteiger partial charge < -0.3 is 14.6 Å². The second kappa shape index (κ2) is 3.90. The molecule has 0 aromatic rings. The van der Waals surface area contributed by atoms with Crippen molar-refractivity contribution in [3.8, 4) is 0 Å². The number of carbonyl (C=O) groups excluding carboxylic acids is 2. The first-order chi connectivity index (χ1) is 7.06. The minimum Gasteiger partial charge on any atom is -0.462 e. The molecule has 5 nitrogen and oxygen atoms in total. The molecule has 4 atom stereocenters. The first kappa shape index (κ1) is 10.6. The van der Waals surface area contributed by atoms with Crippen LogP contribution in [-0.4, -0.2) is 41.3 Å². The van der Waals surface area contributed by atoms with Gasteiger partial charge in [0.15, 0.2) is 0 Å². The highest BCUT2D eigenvalue weighted by molar-refractivity contribution is 5.95. The SMILES string of the molecule is C[C@@H]1C[C@@H]2O[C@@H]2C(O)CC(=O)CC(=O)O1. The summed E-state index contributed by atoms with van der Waals surface area (Å²) in [5, 5.41) is 9.59. The predicted molar refractivity (Wildman–Crippen MR) is 49.1 cm³/mol. The van der Waals surface area contributed by atoms with Crippen molar-refractivity contribution in [2.75, 3.05) is 0 Å². The summed E-state index contributed by atoms with van der Waals surface area (Å²) in [6.07, 6.45) is -1.06. The molecule has 2 heterocycles. The summed E-state index contributed by atoms with van der Waals surface area (Å²) in [6.45, 7) is 1.76. The van der Waals surface area contributed by atoms with E-state index in [0.29, 0.717) is 6.42 Å². The molecule has 0 aliphatic carbocycles. The molecule has 2 aliphatic heterocycles. The summed E-state index contributed by atoms with van der Waals surface area (Å²) in [7, 11) is 0. The molecule has 84 valence electrons. The molecule has 2 fully saturated rings. The number of cyclic esters (lactones) is 1. The van der Waals surface area contributed by atoms with E-state index in [1.807, 2.05) is 0 Å². The Hall–Kier alpha value is -0.940. The quantitative estimate of drug-likeness (QED) is 0.343. The van der Waals surface area contributed by atoms with Crippen molar-refractivity contribution < 1.29 is 24.2 Å². The van der Waals surface area contributed by atoms with Crippen LogP contribution in [0.2, 0.25) is 0 Å². The first-order valence-electron chi connectivity index (χ1n) is 5.11. The zero-order valence-corrected chi connectivity index (χ0v) is 8.51. The smallest absolute Gasteiger partial charge is 0.313 e. The maximum absolute atomic E-state index is 11.3. The van der Waals surface area contributed by atoms with Crippen LogP contribution in [0.1, 0.15) is 26.2 Å². The number of aliphatic hydroxyl groups is 1. The molecular weight excluding hydrogens is 200 g/mol. The molecule has 2 saturated heterocycles. The minimum absolute atomic E-state index is 0.0232. The third-order valence-corrected chi connectivity index (χ3v) is 2.68.